The monoisotopic (exact) mass is 355 g/mol. The van der Waals surface area contributed by atoms with Crippen molar-refractivity contribution >= 4 is 27.8 Å². The van der Waals surface area contributed by atoms with Crippen molar-refractivity contribution in [2.24, 2.45) is 0 Å². The lowest BCUT2D eigenvalue weighted by Gasteiger charge is -2.13. The lowest BCUT2D eigenvalue weighted by molar-refractivity contribution is 0.410. The first-order chi connectivity index (χ1) is 9.99. The number of nitrogens with one attached hydrogen (secondary N) is 1. The average Bonchev–Trinajstić information content (AvgIpc) is 2.43. The average molecular weight is 356 g/mol. The van der Waals surface area contributed by atoms with Gasteiger partial charge in [0.25, 0.3) is 0 Å². The van der Waals surface area contributed by atoms with Crippen LogP contribution in [0.2, 0.25) is 0 Å². The Morgan fingerprint density at radius 3 is 2.71 bits per heavy atom. The molecular formula is C13H15BrFN5O. The van der Waals surface area contributed by atoms with Gasteiger partial charge in [-0.15, -0.1) is 0 Å². The number of benzene rings is 1. The minimum absolute atomic E-state index is 0.0293. The summed E-state index contributed by atoms with van der Waals surface area (Å²) in [6.07, 6.45) is 0. The predicted molar refractivity (Wildman–Crippen MR) is 82.5 cm³/mol. The molecule has 0 spiro atoms. The number of hydrogen-bond donors (Lipinski definition) is 1. The van der Waals surface area contributed by atoms with Gasteiger partial charge in [0, 0.05) is 25.1 Å². The van der Waals surface area contributed by atoms with Crippen LogP contribution in [0.1, 0.15) is 6.92 Å². The number of halogens is 2. The summed E-state index contributed by atoms with van der Waals surface area (Å²) in [5.41, 5.74) is 0. The number of aromatic nitrogens is 3. The highest BCUT2D eigenvalue weighted by Gasteiger charge is 2.12. The number of anilines is 2. The second kappa shape index (κ2) is 6.66. The van der Waals surface area contributed by atoms with Crippen molar-refractivity contribution in [3.63, 3.8) is 0 Å². The lowest BCUT2D eigenvalue weighted by Crippen LogP contribution is -2.15. The Kier molecular flexibility index (Phi) is 4.89. The maximum atomic E-state index is 13.7. The number of rotatable bonds is 5. The van der Waals surface area contributed by atoms with E-state index in [2.05, 4.69) is 36.2 Å². The molecule has 112 valence electrons. The number of ether oxygens (including phenoxy) is 1. The quantitative estimate of drug-likeness (QED) is 0.889. The van der Waals surface area contributed by atoms with Gasteiger partial charge in [0.15, 0.2) is 11.6 Å². The third-order valence-electron chi connectivity index (χ3n) is 2.43. The molecule has 0 bridgehead atoms. The zero-order valence-corrected chi connectivity index (χ0v) is 13.5. The summed E-state index contributed by atoms with van der Waals surface area (Å²) in [6, 6.07) is 4.44. The molecule has 1 aromatic carbocycles. The fraction of sp³-hybridized carbons (Fsp3) is 0.308. The van der Waals surface area contributed by atoms with Crippen molar-refractivity contribution in [2.75, 3.05) is 30.9 Å². The van der Waals surface area contributed by atoms with Crippen LogP contribution in [0.5, 0.6) is 11.8 Å². The van der Waals surface area contributed by atoms with Crippen LogP contribution in [0.25, 0.3) is 0 Å². The van der Waals surface area contributed by atoms with Gasteiger partial charge in [0.05, 0.1) is 0 Å². The van der Waals surface area contributed by atoms with Crippen LogP contribution in [0, 0.1) is 5.82 Å². The maximum Gasteiger partial charge on any atom is 0.328 e. The largest absolute Gasteiger partial charge is 0.421 e. The van der Waals surface area contributed by atoms with E-state index in [4.69, 9.17) is 4.74 Å². The van der Waals surface area contributed by atoms with Gasteiger partial charge in [-0.25, -0.2) is 4.39 Å². The van der Waals surface area contributed by atoms with Crippen molar-refractivity contribution in [1.82, 2.24) is 15.0 Å². The molecule has 0 radical (unpaired) electrons. The molecule has 21 heavy (non-hydrogen) atoms. The van der Waals surface area contributed by atoms with Crippen LogP contribution < -0.4 is 15.0 Å². The number of nitrogens with zero attached hydrogens (tertiary/aromatic N) is 4. The molecule has 0 saturated heterocycles. The van der Waals surface area contributed by atoms with E-state index in [9.17, 15) is 4.39 Å². The minimum atomic E-state index is -0.491. The second-order valence-electron chi connectivity index (χ2n) is 4.34. The smallest absolute Gasteiger partial charge is 0.328 e. The van der Waals surface area contributed by atoms with E-state index in [1.165, 1.54) is 12.1 Å². The molecule has 0 aliphatic rings. The summed E-state index contributed by atoms with van der Waals surface area (Å²) in [7, 11) is 3.60. The third-order valence-corrected chi connectivity index (χ3v) is 2.93. The van der Waals surface area contributed by atoms with Gasteiger partial charge >= 0.3 is 6.01 Å². The Balaban J connectivity index is 2.36. The van der Waals surface area contributed by atoms with Gasteiger partial charge in [-0.05, 0) is 25.1 Å². The Hall–Kier alpha value is -1.96. The molecule has 0 unspecified atom stereocenters. The van der Waals surface area contributed by atoms with E-state index >= 15 is 0 Å². The zero-order valence-electron chi connectivity index (χ0n) is 11.9. The molecule has 2 aromatic rings. The molecule has 1 heterocycles. The third kappa shape index (κ3) is 4.01. The Labute approximate surface area is 130 Å². The Bertz CT molecular complexity index is 638. The summed E-state index contributed by atoms with van der Waals surface area (Å²) in [4.78, 5) is 14.2. The summed E-state index contributed by atoms with van der Waals surface area (Å²) >= 11 is 3.27. The SMILES string of the molecule is CCNc1nc(Oc2cc(Br)ccc2F)nc(N(C)C)n1. The zero-order chi connectivity index (χ0) is 15.4. The normalized spacial score (nSPS) is 10.3. The van der Waals surface area contributed by atoms with E-state index in [0.29, 0.717) is 22.9 Å². The summed E-state index contributed by atoms with van der Waals surface area (Å²) in [6.45, 7) is 2.58. The highest BCUT2D eigenvalue weighted by atomic mass is 79.9. The predicted octanol–water partition coefficient (Wildman–Crippen LogP) is 3.06. The topological polar surface area (TPSA) is 63.2 Å². The molecule has 0 aliphatic heterocycles. The Morgan fingerprint density at radius 1 is 1.29 bits per heavy atom. The summed E-state index contributed by atoms with van der Waals surface area (Å²) in [5.74, 6) is 0.353. The molecule has 0 amide bonds. The van der Waals surface area contributed by atoms with Gasteiger partial charge in [0.1, 0.15) is 0 Å². The van der Waals surface area contributed by atoms with E-state index < -0.39 is 5.82 Å². The van der Waals surface area contributed by atoms with Crippen molar-refractivity contribution in [2.45, 2.75) is 6.92 Å². The van der Waals surface area contributed by atoms with Crippen molar-refractivity contribution in [3.8, 4) is 11.8 Å². The summed E-state index contributed by atoms with van der Waals surface area (Å²) < 4.78 is 19.9. The molecular weight excluding hydrogens is 341 g/mol. The summed E-state index contributed by atoms with van der Waals surface area (Å²) in [5, 5.41) is 2.98. The molecule has 1 N–H and O–H groups in total. The highest BCUT2D eigenvalue weighted by molar-refractivity contribution is 9.10. The van der Waals surface area contributed by atoms with Gasteiger partial charge < -0.3 is 15.0 Å². The molecule has 2 rings (SSSR count). The lowest BCUT2D eigenvalue weighted by atomic mass is 10.3. The van der Waals surface area contributed by atoms with Crippen molar-refractivity contribution < 1.29 is 9.13 Å². The van der Waals surface area contributed by atoms with E-state index in [0.717, 1.165) is 0 Å². The van der Waals surface area contributed by atoms with Crippen LogP contribution in [0.4, 0.5) is 16.3 Å². The van der Waals surface area contributed by atoms with E-state index in [-0.39, 0.29) is 11.8 Å². The molecule has 0 atom stereocenters. The van der Waals surface area contributed by atoms with Gasteiger partial charge in [0.2, 0.25) is 11.9 Å². The molecule has 1 aromatic heterocycles. The Morgan fingerprint density at radius 2 is 2.05 bits per heavy atom. The first kappa shape index (κ1) is 15.4. The first-order valence-corrected chi connectivity index (χ1v) is 7.09. The highest BCUT2D eigenvalue weighted by Crippen LogP contribution is 2.26. The molecule has 8 heteroatoms. The van der Waals surface area contributed by atoms with Gasteiger partial charge in [-0.3, -0.25) is 0 Å². The maximum absolute atomic E-state index is 13.7. The molecule has 0 aliphatic carbocycles. The number of hydrogen-bond acceptors (Lipinski definition) is 6. The molecule has 0 saturated carbocycles. The minimum Gasteiger partial charge on any atom is -0.421 e. The first-order valence-electron chi connectivity index (χ1n) is 6.29. The fourth-order valence-corrected chi connectivity index (χ4v) is 1.82. The van der Waals surface area contributed by atoms with E-state index in [1.54, 1.807) is 25.1 Å². The molecule has 0 fully saturated rings. The van der Waals surface area contributed by atoms with Crippen LogP contribution >= 0.6 is 15.9 Å². The van der Waals surface area contributed by atoms with Crippen LogP contribution in [0.3, 0.4) is 0 Å². The standard InChI is InChI=1S/C13H15BrFN5O/c1-4-16-11-17-12(20(2)3)19-13(18-11)21-10-7-8(14)5-6-9(10)15/h5-7H,4H2,1-3H3,(H,16,17,18,19). The van der Waals surface area contributed by atoms with E-state index in [1.807, 2.05) is 6.92 Å². The van der Waals surface area contributed by atoms with Crippen molar-refractivity contribution in [1.29, 1.82) is 0 Å². The van der Waals surface area contributed by atoms with Crippen LogP contribution in [-0.4, -0.2) is 35.6 Å². The van der Waals surface area contributed by atoms with Gasteiger partial charge in [-0.1, -0.05) is 15.9 Å². The fourth-order valence-electron chi connectivity index (χ4n) is 1.48. The van der Waals surface area contributed by atoms with Crippen LogP contribution in [0.15, 0.2) is 22.7 Å². The molecule has 6 nitrogen and oxygen atoms in total. The van der Waals surface area contributed by atoms with Gasteiger partial charge in [-0.2, -0.15) is 15.0 Å². The van der Waals surface area contributed by atoms with Crippen LogP contribution in [-0.2, 0) is 0 Å². The van der Waals surface area contributed by atoms with Crippen molar-refractivity contribution in [3.05, 3.63) is 28.5 Å². The second-order valence-corrected chi connectivity index (χ2v) is 5.26.